The monoisotopic (exact) mass is 398 g/mol. The maximum absolute atomic E-state index is 12.8. The van der Waals surface area contributed by atoms with Gasteiger partial charge in [0.2, 0.25) is 0 Å². The molecular formula is C23H30O2SSi. The second-order valence-electron chi connectivity index (χ2n) is 8.14. The molecule has 0 fully saturated rings. The molecule has 2 rings (SSSR count). The Morgan fingerprint density at radius 3 is 2.37 bits per heavy atom. The van der Waals surface area contributed by atoms with Gasteiger partial charge in [0.1, 0.15) is 5.75 Å². The number of thioether (sulfide) groups is 1. The predicted octanol–water partition coefficient (Wildman–Crippen LogP) is 6.84. The van der Waals surface area contributed by atoms with E-state index in [9.17, 15) is 4.79 Å². The van der Waals surface area contributed by atoms with E-state index >= 15 is 0 Å². The van der Waals surface area contributed by atoms with Crippen LogP contribution in [0.25, 0.3) is 0 Å². The van der Waals surface area contributed by atoms with Crippen LogP contribution in [0, 0.1) is 0 Å². The van der Waals surface area contributed by atoms with Gasteiger partial charge in [-0.3, -0.25) is 0 Å². The Labute approximate surface area is 169 Å². The van der Waals surface area contributed by atoms with Crippen LogP contribution in [-0.4, -0.2) is 19.8 Å². The molecule has 4 heteroatoms. The molecule has 2 nitrogen and oxygen atoms in total. The van der Waals surface area contributed by atoms with Crippen molar-refractivity contribution in [1.82, 2.24) is 0 Å². The number of hydrogen-bond donors (Lipinski definition) is 0. The van der Waals surface area contributed by atoms with E-state index in [4.69, 9.17) is 4.74 Å². The minimum Gasteiger partial charge on any atom is -0.423 e. The highest BCUT2D eigenvalue weighted by Crippen LogP contribution is 2.31. The smallest absolute Gasteiger partial charge is 0.344 e. The molecule has 0 saturated carbocycles. The van der Waals surface area contributed by atoms with E-state index in [0.29, 0.717) is 11.3 Å². The van der Waals surface area contributed by atoms with Gasteiger partial charge in [-0.05, 0) is 55.8 Å². The lowest BCUT2D eigenvalue weighted by Crippen LogP contribution is -2.20. The largest absolute Gasteiger partial charge is 0.423 e. The fraction of sp³-hybridized carbons (Fsp3) is 0.348. The van der Waals surface area contributed by atoms with Gasteiger partial charge in [0.05, 0.1) is 5.56 Å². The predicted molar refractivity (Wildman–Crippen MR) is 120 cm³/mol. The molecule has 2 aromatic carbocycles. The van der Waals surface area contributed by atoms with Crippen LogP contribution >= 0.6 is 11.8 Å². The first-order valence-corrected chi connectivity index (χ1v) is 14.1. The zero-order valence-electron chi connectivity index (χ0n) is 17.0. The lowest BCUT2D eigenvalue weighted by atomic mass is 10.1. The molecule has 0 heterocycles. The van der Waals surface area contributed by atoms with Crippen LogP contribution < -0.4 is 4.74 Å². The topological polar surface area (TPSA) is 26.3 Å². The standard InChI is InChI=1S/C23H30O2SSi/c1-18(2)14-15-19-10-9-13-21(22(19)26-16-17-27(3,4)5)23(24)25-20-11-7-6-8-12-20/h6-14H,15-17H2,1-5H3. The van der Waals surface area contributed by atoms with Gasteiger partial charge in [-0.1, -0.05) is 61.6 Å². The van der Waals surface area contributed by atoms with Gasteiger partial charge in [-0.25, -0.2) is 4.79 Å². The Morgan fingerprint density at radius 2 is 1.74 bits per heavy atom. The average Bonchev–Trinajstić information content (AvgIpc) is 2.60. The summed E-state index contributed by atoms with van der Waals surface area (Å²) in [7, 11) is -1.12. The molecule has 0 radical (unpaired) electrons. The number of carbonyl (C=O) groups excluding carboxylic acids is 1. The van der Waals surface area contributed by atoms with E-state index < -0.39 is 8.07 Å². The van der Waals surface area contributed by atoms with Gasteiger partial charge in [-0.15, -0.1) is 11.8 Å². The fourth-order valence-corrected chi connectivity index (χ4v) is 6.21. The van der Waals surface area contributed by atoms with E-state index in [0.717, 1.165) is 17.1 Å². The lowest BCUT2D eigenvalue weighted by molar-refractivity contribution is 0.0731. The number of rotatable bonds is 8. The molecule has 27 heavy (non-hydrogen) atoms. The maximum Gasteiger partial charge on any atom is 0.344 e. The quantitative estimate of drug-likeness (QED) is 0.160. The molecule has 0 aliphatic heterocycles. The number of carbonyl (C=O) groups is 1. The SMILES string of the molecule is CC(C)=CCc1cccc(C(=O)Oc2ccccc2)c1SCC[Si](C)(C)C. The van der Waals surface area contributed by atoms with Gasteiger partial charge in [-0.2, -0.15) is 0 Å². The number of esters is 1. The van der Waals surface area contributed by atoms with Crippen LogP contribution in [0.1, 0.15) is 29.8 Å². The van der Waals surface area contributed by atoms with Crippen molar-refractivity contribution in [2.75, 3.05) is 5.75 Å². The van der Waals surface area contributed by atoms with Gasteiger partial charge in [0.15, 0.2) is 0 Å². The molecule has 0 aromatic heterocycles. The summed E-state index contributed by atoms with van der Waals surface area (Å²) in [6, 6.07) is 16.5. The Bertz CT molecular complexity index is 788. The Balaban J connectivity index is 2.29. The highest BCUT2D eigenvalue weighted by molar-refractivity contribution is 7.99. The van der Waals surface area contributed by atoms with Crippen molar-refractivity contribution in [3.63, 3.8) is 0 Å². The van der Waals surface area contributed by atoms with Gasteiger partial charge in [0, 0.05) is 13.0 Å². The summed E-state index contributed by atoms with van der Waals surface area (Å²) in [4.78, 5) is 13.9. The van der Waals surface area contributed by atoms with Crippen LogP contribution in [0.2, 0.25) is 25.7 Å². The van der Waals surface area contributed by atoms with E-state index in [1.807, 2.05) is 42.5 Å². The lowest BCUT2D eigenvalue weighted by Gasteiger charge is -2.17. The first-order valence-electron chi connectivity index (χ1n) is 9.41. The van der Waals surface area contributed by atoms with E-state index in [2.05, 4.69) is 45.6 Å². The third-order valence-electron chi connectivity index (χ3n) is 4.10. The zero-order valence-corrected chi connectivity index (χ0v) is 18.9. The van der Waals surface area contributed by atoms with Gasteiger partial charge in [0.25, 0.3) is 0 Å². The molecule has 0 atom stereocenters. The van der Waals surface area contributed by atoms with Crippen molar-refractivity contribution in [2.24, 2.45) is 0 Å². The normalized spacial score (nSPS) is 11.1. The van der Waals surface area contributed by atoms with E-state index in [1.165, 1.54) is 17.2 Å². The number of benzene rings is 2. The number of allylic oxidation sites excluding steroid dienone is 2. The molecule has 0 amide bonds. The summed E-state index contributed by atoms with van der Waals surface area (Å²) >= 11 is 1.80. The van der Waals surface area contributed by atoms with Crippen LogP contribution in [0.5, 0.6) is 5.75 Å². The summed E-state index contributed by atoms with van der Waals surface area (Å²) in [5.74, 6) is 1.33. The molecule has 0 saturated heterocycles. The van der Waals surface area contributed by atoms with E-state index in [1.54, 1.807) is 11.8 Å². The third-order valence-corrected chi connectivity index (χ3v) is 7.39. The van der Waals surface area contributed by atoms with Crippen LogP contribution in [-0.2, 0) is 6.42 Å². The Hall–Kier alpha value is -1.78. The average molecular weight is 399 g/mol. The van der Waals surface area contributed by atoms with Crippen molar-refractivity contribution in [2.45, 2.75) is 50.8 Å². The van der Waals surface area contributed by atoms with Crippen LogP contribution in [0.4, 0.5) is 0 Å². The molecule has 0 N–H and O–H groups in total. The maximum atomic E-state index is 12.8. The highest BCUT2D eigenvalue weighted by atomic mass is 32.2. The van der Waals surface area contributed by atoms with Crippen molar-refractivity contribution >= 4 is 25.8 Å². The minimum atomic E-state index is -1.12. The molecular weight excluding hydrogens is 368 g/mol. The van der Waals surface area contributed by atoms with Crippen molar-refractivity contribution in [3.05, 3.63) is 71.3 Å². The zero-order chi connectivity index (χ0) is 19.9. The molecule has 0 unspecified atom stereocenters. The molecule has 0 spiro atoms. The highest BCUT2D eigenvalue weighted by Gasteiger charge is 2.19. The molecule has 2 aromatic rings. The third kappa shape index (κ3) is 7.39. The Kier molecular flexibility index (Phi) is 7.93. The summed E-state index contributed by atoms with van der Waals surface area (Å²) in [5, 5.41) is 0. The number of ether oxygens (including phenoxy) is 1. The second-order valence-corrected chi connectivity index (χ2v) is 14.9. The number of para-hydroxylation sites is 1. The first kappa shape index (κ1) is 21.5. The summed E-state index contributed by atoms with van der Waals surface area (Å²) in [5.41, 5.74) is 3.14. The summed E-state index contributed by atoms with van der Waals surface area (Å²) < 4.78 is 5.61. The second kappa shape index (κ2) is 9.95. The first-order chi connectivity index (χ1) is 12.8. The molecule has 144 valence electrons. The fourth-order valence-electron chi connectivity index (χ4n) is 2.50. The molecule has 0 bridgehead atoms. The van der Waals surface area contributed by atoms with Gasteiger partial charge >= 0.3 is 5.97 Å². The van der Waals surface area contributed by atoms with Crippen molar-refractivity contribution < 1.29 is 9.53 Å². The van der Waals surface area contributed by atoms with Gasteiger partial charge < -0.3 is 4.74 Å². The van der Waals surface area contributed by atoms with Crippen LogP contribution in [0.15, 0.2) is 65.1 Å². The van der Waals surface area contributed by atoms with Crippen molar-refractivity contribution in [1.29, 1.82) is 0 Å². The minimum absolute atomic E-state index is 0.282. The molecule has 0 aliphatic carbocycles. The van der Waals surface area contributed by atoms with Crippen LogP contribution in [0.3, 0.4) is 0 Å². The summed E-state index contributed by atoms with van der Waals surface area (Å²) in [6.07, 6.45) is 3.05. The number of hydrogen-bond acceptors (Lipinski definition) is 3. The molecule has 0 aliphatic rings. The van der Waals surface area contributed by atoms with Crippen molar-refractivity contribution in [3.8, 4) is 5.75 Å². The Morgan fingerprint density at radius 1 is 1.04 bits per heavy atom. The van der Waals surface area contributed by atoms with E-state index in [-0.39, 0.29) is 5.97 Å². The summed E-state index contributed by atoms with van der Waals surface area (Å²) in [6.45, 7) is 11.4.